The van der Waals surface area contributed by atoms with E-state index in [0.29, 0.717) is 31.0 Å². The van der Waals surface area contributed by atoms with Crippen LogP contribution in [-0.4, -0.2) is 36.4 Å². The largest absolute Gasteiger partial charge is 0.497 e. The highest BCUT2D eigenvalue weighted by molar-refractivity contribution is 6.30. The molecule has 4 rings (SSSR count). The first kappa shape index (κ1) is 27.9. The third-order valence-corrected chi connectivity index (χ3v) is 6.86. The van der Waals surface area contributed by atoms with Crippen molar-refractivity contribution >= 4 is 23.4 Å². The van der Waals surface area contributed by atoms with E-state index in [1.54, 1.807) is 24.1 Å². The second kappa shape index (κ2) is 14.2. The Morgan fingerprint density at radius 3 is 1.97 bits per heavy atom. The van der Waals surface area contributed by atoms with Gasteiger partial charge in [0.25, 0.3) is 0 Å². The molecule has 5 nitrogen and oxygen atoms in total. The molecule has 0 aliphatic heterocycles. The number of amides is 2. The van der Waals surface area contributed by atoms with Gasteiger partial charge in [-0.3, -0.25) is 9.59 Å². The van der Waals surface area contributed by atoms with Crippen molar-refractivity contribution in [2.24, 2.45) is 0 Å². The van der Waals surface area contributed by atoms with E-state index in [1.807, 2.05) is 97.1 Å². The monoisotopic (exact) mass is 540 g/mol. The normalized spacial score (nSPS) is 11.4. The number of hydrogen-bond acceptors (Lipinski definition) is 3. The van der Waals surface area contributed by atoms with Gasteiger partial charge in [-0.1, -0.05) is 96.5 Å². The van der Waals surface area contributed by atoms with Crippen molar-refractivity contribution < 1.29 is 14.3 Å². The van der Waals surface area contributed by atoms with E-state index in [9.17, 15) is 9.59 Å². The van der Waals surface area contributed by atoms with Crippen molar-refractivity contribution in [1.29, 1.82) is 0 Å². The van der Waals surface area contributed by atoms with E-state index in [4.69, 9.17) is 16.3 Å². The molecular formula is C33H33ClN2O3. The number of methoxy groups -OCH3 is 1. The summed E-state index contributed by atoms with van der Waals surface area (Å²) in [5, 5.41) is 3.71. The third-order valence-electron chi connectivity index (χ3n) is 6.61. The Morgan fingerprint density at radius 1 is 0.769 bits per heavy atom. The van der Waals surface area contributed by atoms with Crippen LogP contribution in [0.15, 0.2) is 109 Å². The molecule has 0 aliphatic rings. The average molecular weight is 541 g/mol. The molecule has 4 aromatic rings. The average Bonchev–Trinajstić information content (AvgIpc) is 2.97. The van der Waals surface area contributed by atoms with E-state index in [2.05, 4.69) is 5.32 Å². The van der Waals surface area contributed by atoms with Crippen molar-refractivity contribution in [3.8, 4) is 5.75 Å². The molecule has 0 fully saturated rings. The highest BCUT2D eigenvalue weighted by Gasteiger charge is 2.30. The minimum absolute atomic E-state index is 0.109. The molecular weight excluding hydrogens is 508 g/mol. The summed E-state index contributed by atoms with van der Waals surface area (Å²) in [6, 6.07) is 33.9. The zero-order valence-electron chi connectivity index (χ0n) is 22.1. The van der Waals surface area contributed by atoms with Crippen LogP contribution >= 0.6 is 11.6 Å². The number of carbonyl (C=O) groups is 2. The van der Waals surface area contributed by atoms with Crippen LogP contribution < -0.4 is 10.1 Å². The maximum absolute atomic E-state index is 13.8. The Bertz CT molecular complexity index is 1330. The standard InChI is InChI=1S/C33H33ClN2O3/c1-39-30-18-14-25(15-19-30)20-21-35-33(38)31(22-26-8-4-2-5-9-26)36(24-28-12-16-29(34)17-13-28)32(37)23-27-10-6-3-7-11-27/h2-19,31H,20-24H2,1H3,(H,35,38)/t31-/m0/s1. The fourth-order valence-corrected chi connectivity index (χ4v) is 4.58. The van der Waals surface area contributed by atoms with E-state index >= 15 is 0 Å². The number of ether oxygens (including phenoxy) is 1. The second-order valence-corrected chi connectivity index (χ2v) is 9.84. The summed E-state index contributed by atoms with van der Waals surface area (Å²) in [6.45, 7) is 0.754. The van der Waals surface area contributed by atoms with Gasteiger partial charge >= 0.3 is 0 Å². The molecule has 0 saturated carbocycles. The molecule has 1 N–H and O–H groups in total. The van der Waals surface area contributed by atoms with Crippen LogP contribution in [0.5, 0.6) is 5.75 Å². The Labute approximate surface area is 235 Å². The van der Waals surface area contributed by atoms with E-state index < -0.39 is 6.04 Å². The van der Waals surface area contributed by atoms with Crippen LogP contribution in [0.25, 0.3) is 0 Å². The van der Waals surface area contributed by atoms with Gasteiger partial charge in [-0.2, -0.15) is 0 Å². The number of benzene rings is 4. The van der Waals surface area contributed by atoms with Crippen LogP contribution in [0, 0.1) is 0 Å². The SMILES string of the molecule is COc1ccc(CCNC(=O)[C@H](Cc2ccccc2)N(Cc2ccc(Cl)cc2)C(=O)Cc2ccccc2)cc1. The number of nitrogens with one attached hydrogen (secondary N) is 1. The topological polar surface area (TPSA) is 58.6 Å². The predicted octanol–water partition coefficient (Wildman–Crippen LogP) is 5.89. The first-order valence-electron chi connectivity index (χ1n) is 13.0. The summed E-state index contributed by atoms with van der Waals surface area (Å²) < 4.78 is 5.23. The summed E-state index contributed by atoms with van der Waals surface area (Å²) in [7, 11) is 1.64. The molecule has 0 aromatic heterocycles. The van der Waals surface area contributed by atoms with Crippen LogP contribution in [0.2, 0.25) is 5.02 Å². The summed E-state index contributed by atoms with van der Waals surface area (Å²) in [5.41, 5.74) is 3.89. The Balaban J connectivity index is 1.57. The molecule has 0 spiro atoms. The van der Waals surface area contributed by atoms with Crippen LogP contribution in [0.4, 0.5) is 0 Å². The van der Waals surface area contributed by atoms with Gasteiger partial charge in [0.1, 0.15) is 11.8 Å². The minimum Gasteiger partial charge on any atom is -0.497 e. The Morgan fingerprint density at radius 2 is 1.36 bits per heavy atom. The van der Waals surface area contributed by atoms with Gasteiger partial charge in [-0.15, -0.1) is 0 Å². The maximum atomic E-state index is 13.8. The van der Waals surface area contributed by atoms with Gasteiger partial charge in [-0.25, -0.2) is 0 Å². The molecule has 4 aromatic carbocycles. The van der Waals surface area contributed by atoms with Crippen molar-refractivity contribution in [3.05, 3.63) is 136 Å². The molecule has 200 valence electrons. The molecule has 1 atom stereocenters. The molecule has 0 unspecified atom stereocenters. The zero-order chi connectivity index (χ0) is 27.5. The predicted molar refractivity (Wildman–Crippen MR) is 156 cm³/mol. The maximum Gasteiger partial charge on any atom is 0.243 e. The van der Waals surface area contributed by atoms with Gasteiger partial charge < -0.3 is 15.0 Å². The highest BCUT2D eigenvalue weighted by Crippen LogP contribution is 2.18. The molecule has 0 aliphatic carbocycles. The van der Waals surface area contributed by atoms with Gasteiger partial charge in [0.15, 0.2) is 0 Å². The minimum atomic E-state index is -0.685. The quantitative estimate of drug-likeness (QED) is 0.244. The number of nitrogens with zero attached hydrogens (tertiary/aromatic N) is 1. The van der Waals surface area contributed by atoms with E-state index in [-0.39, 0.29) is 18.2 Å². The van der Waals surface area contributed by atoms with Crippen LogP contribution in [0.3, 0.4) is 0 Å². The van der Waals surface area contributed by atoms with Gasteiger partial charge in [0.2, 0.25) is 11.8 Å². The number of hydrogen-bond donors (Lipinski definition) is 1. The molecule has 0 saturated heterocycles. The summed E-state index contributed by atoms with van der Waals surface area (Å²) in [4.78, 5) is 29.2. The molecule has 6 heteroatoms. The molecule has 0 heterocycles. The van der Waals surface area contributed by atoms with Crippen molar-refractivity contribution in [2.75, 3.05) is 13.7 Å². The zero-order valence-corrected chi connectivity index (χ0v) is 22.8. The lowest BCUT2D eigenvalue weighted by Crippen LogP contribution is -2.51. The number of carbonyl (C=O) groups excluding carboxylic acids is 2. The Kier molecular flexibility index (Phi) is 10.1. The fourth-order valence-electron chi connectivity index (χ4n) is 4.45. The number of halogens is 1. The van der Waals surface area contributed by atoms with E-state index in [0.717, 1.165) is 28.0 Å². The highest BCUT2D eigenvalue weighted by atomic mass is 35.5. The number of rotatable bonds is 12. The first-order valence-corrected chi connectivity index (χ1v) is 13.4. The molecule has 39 heavy (non-hydrogen) atoms. The van der Waals surface area contributed by atoms with Gasteiger partial charge in [-0.05, 0) is 52.9 Å². The lowest BCUT2D eigenvalue weighted by molar-refractivity contribution is -0.140. The van der Waals surface area contributed by atoms with Crippen molar-refractivity contribution in [2.45, 2.75) is 31.8 Å². The summed E-state index contributed by atoms with van der Waals surface area (Å²) in [6.07, 6.45) is 1.28. The fraction of sp³-hybridized carbons (Fsp3) is 0.212. The first-order chi connectivity index (χ1) is 19.0. The molecule has 2 amide bonds. The lowest BCUT2D eigenvalue weighted by Gasteiger charge is -2.32. The second-order valence-electron chi connectivity index (χ2n) is 9.41. The molecule has 0 radical (unpaired) electrons. The van der Waals surface area contributed by atoms with Crippen molar-refractivity contribution in [1.82, 2.24) is 10.2 Å². The van der Waals surface area contributed by atoms with Crippen LogP contribution in [0.1, 0.15) is 22.3 Å². The van der Waals surface area contributed by atoms with E-state index in [1.165, 1.54) is 0 Å². The third kappa shape index (κ3) is 8.45. The van der Waals surface area contributed by atoms with Gasteiger partial charge in [0, 0.05) is 24.5 Å². The van der Waals surface area contributed by atoms with Crippen LogP contribution in [-0.2, 0) is 35.4 Å². The van der Waals surface area contributed by atoms with Crippen molar-refractivity contribution in [3.63, 3.8) is 0 Å². The Hall–Kier alpha value is -4.09. The lowest BCUT2D eigenvalue weighted by atomic mass is 10.0. The molecule has 0 bridgehead atoms. The summed E-state index contributed by atoms with van der Waals surface area (Å²) in [5.74, 6) is 0.505. The summed E-state index contributed by atoms with van der Waals surface area (Å²) >= 11 is 6.11. The smallest absolute Gasteiger partial charge is 0.243 e. The van der Waals surface area contributed by atoms with Gasteiger partial charge in [0.05, 0.1) is 13.5 Å².